The fourth-order valence-electron chi connectivity index (χ4n) is 4.01. The maximum absolute atomic E-state index is 2.85. The number of hydrogen-bond donors (Lipinski definition) is 0. The number of nitrogens with zero attached hydrogens (tertiary/aromatic N) is 1. The van der Waals surface area contributed by atoms with Gasteiger partial charge in [0.25, 0.3) is 0 Å². The van der Waals surface area contributed by atoms with Crippen molar-refractivity contribution in [3.63, 3.8) is 0 Å². The molecule has 1 aliphatic heterocycles. The maximum Gasteiger partial charge on any atom is 0.0351 e. The summed E-state index contributed by atoms with van der Waals surface area (Å²) >= 11 is 0. The van der Waals surface area contributed by atoms with E-state index >= 15 is 0 Å². The summed E-state index contributed by atoms with van der Waals surface area (Å²) in [6.45, 7) is 1.32. The Labute approximate surface area is 118 Å². The molecule has 1 aliphatic carbocycles. The zero-order valence-electron chi connectivity index (χ0n) is 12.1. The Morgan fingerprint density at radius 2 is 1.42 bits per heavy atom. The first-order chi connectivity index (χ1) is 9.45. The fourth-order valence-corrected chi connectivity index (χ4v) is 4.01. The van der Waals surface area contributed by atoms with Gasteiger partial charge in [-0.05, 0) is 37.8 Å². The Hall–Kier alpha value is -0.820. The molecule has 0 spiro atoms. The summed E-state index contributed by atoms with van der Waals surface area (Å²) in [4.78, 5) is 2.85. The molecule has 19 heavy (non-hydrogen) atoms. The highest BCUT2D eigenvalue weighted by Gasteiger charge is 2.29. The van der Waals surface area contributed by atoms with Gasteiger partial charge in [0.05, 0.1) is 0 Å². The van der Waals surface area contributed by atoms with Gasteiger partial charge in [-0.2, -0.15) is 0 Å². The van der Waals surface area contributed by atoms with Crippen LogP contribution in [0.4, 0.5) is 0 Å². The zero-order valence-corrected chi connectivity index (χ0v) is 12.1. The number of benzene rings is 1. The maximum atomic E-state index is 2.85. The van der Waals surface area contributed by atoms with Crippen LogP contribution < -0.4 is 0 Å². The van der Waals surface area contributed by atoms with Gasteiger partial charge in [-0.3, -0.25) is 4.90 Å². The third kappa shape index (κ3) is 3.20. The molecule has 2 aliphatic rings. The molecular formula is C18H27N. The second kappa shape index (κ2) is 6.56. The molecule has 1 saturated carbocycles. The van der Waals surface area contributed by atoms with Gasteiger partial charge >= 0.3 is 0 Å². The predicted octanol–water partition coefficient (Wildman–Crippen LogP) is 4.94. The molecule has 1 saturated heterocycles. The Morgan fingerprint density at radius 3 is 2.16 bits per heavy atom. The molecule has 1 aromatic carbocycles. The number of hydrogen-bond acceptors (Lipinski definition) is 1. The van der Waals surface area contributed by atoms with Gasteiger partial charge < -0.3 is 0 Å². The van der Waals surface area contributed by atoms with Gasteiger partial charge in [-0.1, -0.05) is 62.4 Å². The zero-order chi connectivity index (χ0) is 12.9. The number of rotatable bonds is 2. The summed E-state index contributed by atoms with van der Waals surface area (Å²) in [5.74, 6) is 0. The molecule has 104 valence electrons. The smallest absolute Gasteiger partial charge is 0.0351 e. The largest absolute Gasteiger partial charge is 0.293 e. The van der Waals surface area contributed by atoms with Crippen LogP contribution in [0.5, 0.6) is 0 Å². The van der Waals surface area contributed by atoms with Gasteiger partial charge in [-0.25, -0.2) is 0 Å². The molecule has 0 radical (unpaired) electrons. The SMILES string of the molecule is c1ccc(C2CCCCN2C2CCCCCC2)cc1. The molecule has 1 unspecified atom stereocenters. The van der Waals surface area contributed by atoms with Crippen molar-refractivity contribution < 1.29 is 0 Å². The minimum absolute atomic E-state index is 0.693. The van der Waals surface area contributed by atoms with Crippen molar-refractivity contribution >= 4 is 0 Å². The van der Waals surface area contributed by atoms with Crippen molar-refractivity contribution in [2.45, 2.75) is 69.9 Å². The van der Waals surface area contributed by atoms with Crippen molar-refractivity contribution in [2.24, 2.45) is 0 Å². The van der Waals surface area contributed by atoms with E-state index in [0.717, 1.165) is 6.04 Å². The van der Waals surface area contributed by atoms with Crippen LogP contribution in [0.1, 0.15) is 69.4 Å². The third-order valence-electron chi connectivity index (χ3n) is 5.02. The van der Waals surface area contributed by atoms with Gasteiger partial charge in [0.1, 0.15) is 0 Å². The van der Waals surface area contributed by atoms with E-state index in [2.05, 4.69) is 35.2 Å². The summed E-state index contributed by atoms with van der Waals surface area (Å²) in [6.07, 6.45) is 12.8. The molecule has 3 rings (SSSR count). The van der Waals surface area contributed by atoms with E-state index < -0.39 is 0 Å². The fraction of sp³-hybridized carbons (Fsp3) is 0.667. The van der Waals surface area contributed by atoms with Crippen LogP contribution in [0.25, 0.3) is 0 Å². The quantitative estimate of drug-likeness (QED) is 0.679. The van der Waals surface area contributed by atoms with Crippen molar-refractivity contribution in [1.82, 2.24) is 4.90 Å². The molecule has 2 fully saturated rings. The van der Waals surface area contributed by atoms with E-state index in [1.807, 2.05) is 0 Å². The van der Waals surface area contributed by atoms with Crippen molar-refractivity contribution in [1.29, 1.82) is 0 Å². The Morgan fingerprint density at radius 1 is 0.737 bits per heavy atom. The van der Waals surface area contributed by atoms with E-state index in [-0.39, 0.29) is 0 Å². The lowest BCUT2D eigenvalue weighted by Crippen LogP contribution is -2.41. The second-order valence-electron chi connectivity index (χ2n) is 6.31. The Kier molecular flexibility index (Phi) is 4.55. The van der Waals surface area contributed by atoms with Gasteiger partial charge in [0.2, 0.25) is 0 Å². The topological polar surface area (TPSA) is 3.24 Å². The molecule has 1 aromatic rings. The lowest BCUT2D eigenvalue weighted by atomic mass is 9.92. The van der Waals surface area contributed by atoms with Gasteiger partial charge in [0.15, 0.2) is 0 Å². The molecule has 0 N–H and O–H groups in total. The number of piperidine rings is 1. The van der Waals surface area contributed by atoms with E-state index in [4.69, 9.17) is 0 Å². The van der Waals surface area contributed by atoms with Crippen LogP contribution in [0.3, 0.4) is 0 Å². The first kappa shape index (κ1) is 13.2. The lowest BCUT2D eigenvalue weighted by molar-refractivity contribution is 0.0849. The van der Waals surface area contributed by atoms with Crippen LogP contribution in [0.15, 0.2) is 30.3 Å². The number of likely N-dealkylation sites (tertiary alicyclic amines) is 1. The van der Waals surface area contributed by atoms with Crippen molar-refractivity contribution in [2.75, 3.05) is 6.54 Å². The normalized spacial score (nSPS) is 27.1. The predicted molar refractivity (Wildman–Crippen MR) is 81.2 cm³/mol. The molecule has 0 bridgehead atoms. The molecule has 1 atom stereocenters. The standard InChI is InChI=1S/C18H27N/c1-2-7-13-17(12-6-1)19-15-9-8-14-18(19)16-10-4-3-5-11-16/h3-5,10-11,17-18H,1-2,6-9,12-15H2. The van der Waals surface area contributed by atoms with Crippen molar-refractivity contribution in [3.8, 4) is 0 Å². The summed E-state index contributed by atoms with van der Waals surface area (Å²) in [6, 6.07) is 12.8. The minimum Gasteiger partial charge on any atom is -0.293 e. The highest BCUT2D eigenvalue weighted by Crippen LogP contribution is 2.35. The monoisotopic (exact) mass is 257 g/mol. The summed E-state index contributed by atoms with van der Waals surface area (Å²) < 4.78 is 0. The van der Waals surface area contributed by atoms with E-state index in [1.54, 1.807) is 5.56 Å². The van der Waals surface area contributed by atoms with E-state index in [0.29, 0.717) is 6.04 Å². The first-order valence-corrected chi connectivity index (χ1v) is 8.26. The minimum atomic E-state index is 0.693. The van der Waals surface area contributed by atoms with Gasteiger partial charge in [0, 0.05) is 12.1 Å². The Balaban J connectivity index is 1.76. The first-order valence-electron chi connectivity index (χ1n) is 8.26. The molecule has 1 nitrogen and oxygen atoms in total. The van der Waals surface area contributed by atoms with Crippen LogP contribution in [-0.2, 0) is 0 Å². The van der Waals surface area contributed by atoms with Crippen molar-refractivity contribution in [3.05, 3.63) is 35.9 Å². The van der Waals surface area contributed by atoms with Gasteiger partial charge in [-0.15, -0.1) is 0 Å². The van der Waals surface area contributed by atoms with Crippen LogP contribution in [0, 0.1) is 0 Å². The third-order valence-corrected chi connectivity index (χ3v) is 5.02. The molecular weight excluding hydrogens is 230 g/mol. The second-order valence-corrected chi connectivity index (χ2v) is 6.31. The molecule has 1 heterocycles. The molecule has 1 heteroatoms. The average molecular weight is 257 g/mol. The highest BCUT2D eigenvalue weighted by atomic mass is 15.2. The Bertz CT molecular complexity index is 365. The van der Waals surface area contributed by atoms with Crippen LogP contribution >= 0.6 is 0 Å². The molecule has 0 aromatic heterocycles. The summed E-state index contributed by atoms with van der Waals surface area (Å²) in [7, 11) is 0. The lowest BCUT2D eigenvalue weighted by Gasteiger charge is -2.41. The average Bonchev–Trinajstić information content (AvgIpc) is 2.77. The summed E-state index contributed by atoms with van der Waals surface area (Å²) in [5.41, 5.74) is 1.55. The van der Waals surface area contributed by atoms with E-state index in [1.165, 1.54) is 64.3 Å². The van der Waals surface area contributed by atoms with Crippen LogP contribution in [-0.4, -0.2) is 17.5 Å². The van der Waals surface area contributed by atoms with E-state index in [9.17, 15) is 0 Å². The van der Waals surface area contributed by atoms with Crippen LogP contribution in [0.2, 0.25) is 0 Å². The molecule has 0 amide bonds. The highest BCUT2D eigenvalue weighted by molar-refractivity contribution is 5.19. The summed E-state index contributed by atoms with van der Waals surface area (Å²) in [5, 5.41) is 0.